The van der Waals surface area contributed by atoms with Crippen LogP contribution in [-0.2, 0) is 20.8 Å². The Kier molecular flexibility index (Phi) is 13.9. The SMILES string of the molecule is CCCC1=CC=CCC1.CNC(=O)CNC(=O)C1CN(C(=O)Cc2ccccc2)CC2CN(C(=O)c3ccc(OC(C)C)c(OC)c3)CC21. The molecule has 2 N–H and O–H groups in total. The number of likely N-dealkylation sites (tertiary alicyclic amines) is 2. The molecule has 3 aliphatic rings. The number of methoxy groups -OCH3 is 1. The molecule has 2 aromatic carbocycles. The first-order valence-electron chi connectivity index (χ1n) is 17.4. The minimum absolute atomic E-state index is 0.0452. The second-order valence-electron chi connectivity index (χ2n) is 13.2. The lowest BCUT2D eigenvalue weighted by atomic mass is 9.79. The van der Waals surface area contributed by atoms with E-state index in [4.69, 9.17) is 9.47 Å². The van der Waals surface area contributed by atoms with Crippen molar-refractivity contribution in [2.24, 2.45) is 17.8 Å². The number of carbonyl (C=O) groups excluding carboxylic acids is 4. The molecule has 264 valence electrons. The van der Waals surface area contributed by atoms with Crippen LogP contribution < -0.4 is 20.1 Å². The summed E-state index contributed by atoms with van der Waals surface area (Å²) in [4.78, 5) is 55.4. The third-order valence-electron chi connectivity index (χ3n) is 9.20. The van der Waals surface area contributed by atoms with E-state index in [1.807, 2.05) is 44.2 Å². The minimum atomic E-state index is -0.544. The van der Waals surface area contributed by atoms with Crippen molar-refractivity contribution in [1.29, 1.82) is 0 Å². The lowest BCUT2D eigenvalue weighted by Crippen LogP contribution is -2.54. The molecule has 2 fully saturated rings. The average molecular weight is 673 g/mol. The molecule has 10 nitrogen and oxygen atoms in total. The van der Waals surface area contributed by atoms with Crippen molar-refractivity contribution >= 4 is 23.6 Å². The molecule has 5 rings (SSSR count). The molecule has 0 spiro atoms. The Bertz CT molecular complexity index is 1500. The second-order valence-corrected chi connectivity index (χ2v) is 13.2. The number of rotatable bonds is 11. The zero-order valence-corrected chi connectivity index (χ0v) is 29.6. The fraction of sp³-hybridized carbons (Fsp3) is 0.487. The highest BCUT2D eigenvalue weighted by Crippen LogP contribution is 2.37. The largest absolute Gasteiger partial charge is 0.493 e. The number of benzene rings is 2. The summed E-state index contributed by atoms with van der Waals surface area (Å²) in [7, 11) is 3.04. The Morgan fingerprint density at radius 2 is 1.71 bits per heavy atom. The van der Waals surface area contributed by atoms with Crippen molar-refractivity contribution in [2.75, 3.05) is 46.9 Å². The molecule has 49 heavy (non-hydrogen) atoms. The van der Waals surface area contributed by atoms with Gasteiger partial charge in [-0.3, -0.25) is 19.2 Å². The van der Waals surface area contributed by atoms with E-state index in [0.29, 0.717) is 36.7 Å². The first-order chi connectivity index (χ1) is 23.6. The van der Waals surface area contributed by atoms with Gasteiger partial charge in [-0.05, 0) is 68.7 Å². The summed E-state index contributed by atoms with van der Waals surface area (Å²) in [6.07, 6.45) is 12.0. The van der Waals surface area contributed by atoms with Crippen molar-refractivity contribution < 1.29 is 28.7 Å². The Balaban J connectivity index is 0.000000520. The van der Waals surface area contributed by atoms with Crippen LogP contribution in [0.25, 0.3) is 0 Å². The van der Waals surface area contributed by atoms with E-state index in [1.54, 1.807) is 33.6 Å². The first kappa shape index (κ1) is 37.2. The molecule has 0 bridgehead atoms. The van der Waals surface area contributed by atoms with E-state index in [2.05, 4.69) is 35.8 Å². The van der Waals surface area contributed by atoms with Gasteiger partial charge in [0.1, 0.15) is 0 Å². The molecule has 3 unspecified atom stereocenters. The zero-order valence-electron chi connectivity index (χ0n) is 29.6. The first-order valence-corrected chi connectivity index (χ1v) is 17.4. The van der Waals surface area contributed by atoms with Crippen LogP contribution in [0.15, 0.2) is 72.3 Å². The molecule has 10 heteroatoms. The van der Waals surface area contributed by atoms with Crippen molar-refractivity contribution in [1.82, 2.24) is 20.4 Å². The maximum Gasteiger partial charge on any atom is 0.254 e. The lowest BCUT2D eigenvalue weighted by Gasteiger charge is -2.39. The highest BCUT2D eigenvalue weighted by molar-refractivity contribution is 5.95. The van der Waals surface area contributed by atoms with Gasteiger partial charge in [0.15, 0.2) is 11.5 Å². The van der Waals surface area contributed by atoms with Crippen molar-refractivity contribution in [3.63, 3.8) is 0 Å². The third kappa shape index (κ3) is 10.4. The Morgan fingerprint density at radius 1 is 0.959 bits per heavy atom. The minimum Gasteiger partial charge on any atom is -0.493 e. The molecule has 2 aliphatic heterocycles. The number of piperidine rings is 1. The van der Waals surface area contributed by atoms with Crippen LogP contribution in [-0.4, -0.2) is 86.4 Å². The zero-order chi connectivity index (χ0) is 35.3. The third-order valence-corrected chi connectivity index (χ3v) is 9.20. The highest BCUT2D eigenvalue weighted by atomic mass is 16.5. The summed E-state index contributed by atoms with van der Waals surface area (Å²) < 4.78 is 11.2. The Hall–Kier alpha value is -4.60. The molecule has 2 aromatic rings. The van der Waals surface area contributed by atoms with Gasteiger partial charge in [-0.15, -0.1) is 0 Å². The predicted molar refractivity (Wildman–Crippen MR) is 190 cm³/mol. The number of ether oxygens (including phenoxy) is 2. The van der Waals surface area contributed by atoms with Gasteiger partial charge in [0, 0.05) is 38.8 Å². The summed E-state index contributed by atoms with van der Waals surface area (Å²) in [6, 6.07) is 14.6. The van der Waals surface area contributed by atoms with Gasteiger partial charge >= 0.3 is 0 Å². The van der Waals surface area contributed by atoms with Gasteiger partial charge in [-0.25, -0.2) is 0 Å². The molecule has 0 aromatic heterocycles. The van der Waals surface area contributed by atoms with Crippen LogP contribution in [0.2, 0.25) is 0 Å². The van der Waals surface area contributed by atoms with Crippen LogP contribution >= 0.6 is 0 Å². The Morgan fingerprint density at radius 3 is 2.37 bits per heavy atom. The molecule has 4 amide bonds. The van der Waals surface area contributed by atoms with E-state index in [-0.39, 0.29) is 61.1 Å². The molecule has 0 saturated carbocycles. The standard InChI is InChI=1S/C30H38N4O6.C9H14/c1-19(2)40-25-11-10-21(13-26(25)39-4)30(38)34-16-22-15-33(28(36)12-20-8-6-5-7-9-20)18-24(23(22)17-34)29(37)32-14-27(35)31-3;1-2-6-9-7-4-3-5-8-9/h5-11,13,19,22-24H,12,14-18H2,1-4H3,(H,31,35)(H,32,37);3-4,7H,2,5-6,8H2,1H3. The number of carbonyl (C=O) groups is 4. The average Bonchev–Trinajstić information content (AvgIpc) is 3.55. The number of nitrogens with zero attached hydrogens (tertiary/aromatic N) is 2. The smallest absolute Gasteiger partial charge is 0.254 e. The van der Waals surface area contributed by atoms with Crippen LogP contribution in [0.5, 0.6) is 11.5 Å². The maximum atomic E-state index is 13.6. The fourth-order valence-corrected chi connectivity index (χ4v) is 6.71. The van der Waals surface area contributed by atoms with E-state index in [0.717, 1.165) is 5.56 Å². The van der Waals surface area contributed by atoms with Crippen LogP contribution in [0, 0.1) is 17.8 Å². The molecular formula is C39H52N4O6. The van der Waals surface area contributed by atoms with E-state index in [9.17, 15) is 19.2 Å². The topological polar surface area (TPSA) is 117 Å². The van der Waals surface area contributed by atoms with Crippen molar-refractivity contribution in [3.05, 3.63) is 83.5 Å². The van der Waals surface area contributed by atoms with Crippen molar-refractivity contribution in [2.45, 2.75) is 59.0 Å². The number of nitrogens with one attached hydrogen (secondary N) is 2. The lowest BCUT2D eigenvalue weighted by molar-refractivity contribution is -0.139. The predicted octanol–water partition coefficient (Wildman–Crippen LogP) is 4.80. The number of allylic oxidation sites excluding steroid dienone is 4. The van der Waals surface area contributed by atoms with Gasteiger partial charge < -0.3 is 29.9 Å². The second kappa shape index (κ2) is 18.2. The molecular weight excluding hydrogens is 620 g/mol. The number of likely N-dealkylation sites (N-methyl/N-ethyl adjacent to an activating group) is 1. The van der Waals surface area contributed by atoms with Crippen LogP contribution in [0.3, 0.4) is 0 Å². The van der Waals surface area contributed by atoms with Gasteiger partial charge in [-0.2, -0.15) is 0 Å². The number of hydrogen-bond acceptors (Lipinski definition) is 6. The van der Waals surface area contributed by atoms with E-state index >= 15 is 0 Å². The maximum absolute atomic E-state index is 13.6. The van der Waals surface area contributed by atoms with Crippen LogP contribution in [0.1, 0.15) is 62.4 Å². The van der Waals surface area contributed by atoms with Crippen molar-refractivity contribution in [3.8, 4) is 11.5 Å². The number of hydrogen-bond donors (Lipinski definition) is 2. The molecule has 2 heterocycles. The van der Waals surface area contributed by atoms with Crippen LogP contribution in [0.4, 0.5) is 0 Å². The number of amides is 4. The molecule has 1 aliphatic carbocycles. The summed E-state index contributed by atoms with van der Waals surface area (Å²) in [5.41, 5.74) is 2.99. The van der Waals surface area contributed by atoms with Gasteiger partial charge in [0.05, 0.1) is 32.1 Å². The van der Waals surface area contributed by atoms with Gasteiger partial charge in [0.25, 0.3) is 5.91 Å². The summed E-state index contributed by atoms with van der Waals surface area (Å²) >= 11 is 0. The molecule has 0 radical (unpaired) electrons. The summed E-state index contributed by atoms with van der Waals surface area (Å²) in [5, 5.41) is 5.21. The highest BCUT2D eigenvalue weighted by Gasteiger charge is 2.47. The fourth-order valence-electron chi connectivity index (χ4n) is 6.71. The quantitative estimate of drug-likeness (QED) is 0.355. The number of fused-ring (bicyclic) bond motifs is 1. The van der Waals surface area contributed by atoms with E-state index in [1.165, 1.54) is 39.8 Å². The monoisotopic (exact) mass is 672 g/mol. The molecule has 2 saturated heterocycles. The normalized spacial score (nSPS) is 19.6. The summed E-state index contributed by atoms with van der Waals surface area (Å²) in [5.74, 6) is -0.554. The van der Waals surface area contributed by atoms with E-state index < -0.39 is 5.92 Å². The van der Waals surface area contributed by atoms with Gasteiger partial charge in [0.2, 0.25) is 17.7 Å². The Labute approximate surface area is 290 Å². The summed E-state index contributed by atoms with van der Waals surface area (Å²) in [6.45, 7) is 7.43. The van der Waals surface area contributed by atoms with Gasteiger partial charge in [-0.1, -0.05) is 67.5 Å². The molecule has 3 atom stereocenters.